The third kappa shape index (κ3) is 31.5. The summed E-state index contributed by atoms with van der Waals surface area (Å²) in [6.45, 7) is 12.5. The number of hydrogen-bond donors (Lipinski definition) is 0. The van der Waals surface area contributed by atoms with Crippen molar-refractivity contribution < 1.29 is 0 Å². The van der Waals surface area contributed by atoms with Gasteiger partial charge in [-0.25, -0.2) is 0 Å². The second-order valence-electron chi connectivity index (χ2n) is 2.47. The molecule has 0 amide bonds. The van der Waals surface area contributed by atoms with Crippen molar-refractivity contribution >= 4 is 9.24 Å². The summed E-state index contributed by atoms with van der Waals surface area (Å²) in [5.74, 6) is 0. The van der Waals surface area contributed by atoms with E-state index in [4.69, 9.17) is 0 Å². The van der Waals surface area contributed by atoms with Gasteiger partial charge in [-0.2, -0.15) is 0 Å². The first kappa shape index (κ1) is 18.3. The lowest BCUT2D eigenvalue weighted by Gasteiger charge is -2.00. The molecule has 0 aromatic heterocycles. The van der Waals surface area contributed by atoms with Crippen LogP contribution in [0.1, 0.15) is 67.2 Å². The topological polar surface area (TPSA) is 0 Å². The van der Waals surface area contributed by atoms with Gasteiger partial charge in [-0.15, -0.1) is 9.24 Å². The standard InChI is InChI=1S/C7H17P.2C2H6/c1-3-4-5-6-7(2)8;2*1-2/h7H,3-6,8H2,1-2H3;2*1-2H3. The van der Waals surface area contributed by atoms with E-state index in [-0.39, 0.29) is 0 Å². The van der Waals surface area contributed by atoms with E-state index in [0.29, 0.717) is 0 Å². The van der Waals surface area contributed by atoms with E-state index in [1.54, 1.807) is 0 Å². The Balaban J connectivity index is -0.000000175. The highest BCUT2D eigenvalue weighted by molar-refractivity contribution is 7.17. The van der Waals surface area contributed by atoms with Gasteiger partial charge in [0.2, 0.25) is 0 Å². The minimum Gasteiger partial charge on any atom is -0.135 e. The zero-order valence-electron chi connectivity index (χ0n) is 9.98. The van der Waals surface area contributed by atoms with E-state index in [1.807, 2.05) is 27.7 Å². The largest absolute Gasteiger partial charge is 0.135 e. The van der Waals surface area contributed by atoms with Gasteiger partial charge in [-0.3, -0.25) is 0 Å². The van der Waals surface area contributed by atoms with Crippen molar-refractivity contribution in [1.29, 1.82) is 0 Å². The van der Waals surface area contributed by atoms with Crippen LogP contribution in [0.3, 0.4) is 0 Å². The fourth-order valence-corrected chi connectivity index (χ4v) is 0.952. The summed E-state index contributed by atoms with van der Waals surface area (Å²) >= 11 is 0. The molecule has 0 aliphatic heterocycles. The Morgan fingerprint density at radius 2 is 1.42 bits per heavy atom. The zero-order valence-corrected chi connectivity index (χ0v) is 11.1. The lowest BCUT2D eigenvalue weighted by atomic mass is 10.2. The molecular weight excluding hydrogens is 163 g/mol. The van der Waals surface area contributed by atoms with Gasteiger partial charge in [0.1, 0.15) is 0 Å². The van der Waals surface area contributed by atoms with Crippen LogP contribution in [0, 0.1) is 0 Å². The second-order valence-corrected chi connectivity index (χ2v) is 3.61. The van der Waals surface area contributed by atoms with Gasteiger partial charge in [0.15, 0.2) is 0 Å². The molecule has 1 heteroatoms. The third-order valence-electron chi connectivity index (χ3n) is 1.26. The zero-order chi connectivity index (χ0) is 10.4. The maximum Gasteiger partial charge on any atom is -0.0293 e. The normalized spacial score (nSPS) is 10.2. The summed E-state index contributed by atoms with van der Waals surface area (Å²) in [5.41, 5.74) is 0.821. The molecule has 12 heavy (non-hydrogen) atoms. The van der Waals surface area contributed by atoms with Crippen LogP contribution in [0.5, 0.6) is 0 Å². The molecule has 2 atom stereocenters. The third-order valence-corrected chi connectivity index (χ3v) is 1.60. The van der Waals surface area contributed by atoms with Gasteiger partial charge in [-0.05, 0) is 12.1 Å². The smallest absolute Gasteiger partial charge is 0.0293 e. The van der Waals surface area contributed by atoms with E-state index in [1.165, 1.54) is 25.7 Å². The molecule has 0 spiro atoms. The first-order chi connectivity index (χ1) is 5.77. The Labute approximate surface area is 82.7 Å². The van der Waals surface area contributed by atoms with Crippen LogP contribution in [-0.4, -0.2) is 5.66 Å². The Kier molecular flexibility index (Phi) is 34.3. The van der Waals surface area contributed by atoms with E-state index in [2.05, 4.69) is 23.1 Å². The molecule has 0 N–H and O–H groups in total. The van der Waals surface area contributed by atoms with Gasteiger partial charge in [0.25, 0.3) is 0 Å². The predicted octanol–water partition coefficient (Wildman–Crippen LogP) is 4.88. The summed E-state index contributed by atoms with van der Waals surface area (Å²) < 4.78 is 0. The number of hydrogen-bond acceptors (Lipinski definition) is 0. The molecular formula is C11H29P. The van der Waals surface area contributed by atoms with Crippen LogP contribution < -0.4 is 0 Å². The van der Waals surface area contributed by atoms with Crippen molar-refractivity contribution in [2.75, 3.05) is 0 Å². The fourth-order valence-electron chi connectivity index (χ4n) is 0.716. The molecule has 0 aliphatic carbocycles. The summed E-state index contributed by atoms with van der Waals surface area (Å²) in [7, 11) is 2.83. The minimum atomic E-state index is 0.821. The average Bonchev–Trinajstić information content (AvgIpc) is 2.12. The molecule has 0 bridgehead atoms. The summed E-state index contributed by atoms with van der Waals surface area (Å²) in [6.07, 6.45) is 5.52. The molecule has 0 rings (SSSR count). The molecule has 2 unspecified atom stereocenters. The van der Waals surface area contributed by atoms with Crippen molar-refractivity contribution in [3.05, 3.63) is 0 Å². The molecule has 0 aromatic carbocycles. The first-order valence-corrected chi connectivity index (χ1v) is 6.19. The van der Waals surface area contributed by atoms with Gasteiger partial charge in [0, 0.05) is 0 Å². The highest BCUT2D eigenvalue weighted by Gasteiger charge is 1.90. The summed E-state index contributed by atoms with van der Waals surface area (Å²) in [4.78, 5) is 0. The van der Waals surface area contributed by atoms with Crippen LogP contribution in [0.25, 0.3) is 0 Å². The summed E-state index contributed by atoms with van der Waals surface area (Å²) in [6, 6.07) is 0. The van der Waals surface area contributed by atoms with Crippen molar-refractivity contribution in [3.63, 3.8) is 0 Å². The average molecular weight is 192 g/mol. The van der Waals surface area contributed by atoms with Gasteiger partial charge >= 0.3 is 0 Å². The van der Waals surface area contributed by atoms with Crippen LogP contribution in [-0.2, 0) is 0 Å². The van der Waals surface area contributed by atoms with Crippen molar-refractivity contribution in [2.45, 2.75) is 72.9 Å². The molecule has 0 aromatic rings. The van der Waals surface area contributed by atoms with Crippen molar-refractivity contribution in [3.8, 4) is 0 Å². The SMILES string of the molecule is CC.CC.CCCCCC(C)P. The van der Waals surface area contributed by atoms with E-state index in [9.17, 15) is 0 Å². The quantitative estimate of drug-likeness (QED) is 0.440. The van der Waals surface area contributed by atoms with Crippen LogP contribution >= 0.6 is 9.24 Å². The van der Waals surface area contributed by atoms with Crippen LogP contribution in [0.15, 0.2) is 0 Å². The Morgan fingerprint density at radius 1 is 1.00 bits per heavy atom. The molecule has 0 aliphatic rings. The highest BCUT2D eigenvalue weighted by Crippen LogP contribution is 2.09. The molecule has 0 nitrogen and oxygen atoms in total. The van der Waals surface area contributed by atoms with Gasteiger partial charge in [-0.1, -0.05) is 60.8 Å². The van der Waals surface area contributed by atoms with Crippen LogP contribution in [0.2, 0.25) is 0 Å². The summed E-state index contributed by atoms with van der Waals surface area (Å²) in [5, 5.41) is 0. The van der Waals surface area contributed by atoms with Crippen LogP contribution in [0.4, 0.5) is 0 Å². The number of rotatable bonds is 4. The monoisotopic (exact) mass is 192 g/mol. The predicted molar refractivity (Wildman–Crippen MR) is 66.0 cm³/mol. The van der Waals surface area contributed by atoms with E-state index >= 15 is 0 Å². The van der Waals surface area contributed by atoms with E-state index < -0.39 is 0 Å². The van der Waals surface area contributed by atoms with Crippen molar-refractivity contribution in [1.82, 2.24) is 0 Å². The molecule has 0 heterocycles. The Morgan fingerprint density at radius 3 is 1.67 bits per heavy atom. The lowest BCUT2D eigenvalue weighted by Crippen LogP contribution is -1.87. The van der Waals surface area contributed by atoms with Gasteiger partial charge < -0.3 is 0 Å². The molecule has 0 radical (unpaired) electrons. The molecule has 78 valence electrons. The Bertz CT molecular complexity index is 42.3. The second kappa shape index (κ2) is 22.5. The first-order valence-electron chi connectivity index (χ1n) is 5.53. The number of unbranched alkanes of at least 4 members (excludes halogenated alkanes) is 2. The van der Waals surface area contributed by atoms with Crippen molar-refractivity contribution in [2.24, 2.45) is 0 Å². The molecule has 0 saturated heterocycles. The minimum absolute atomic E-state index is 0.821. The fraction of sp³-hybridized carbons (Fsp3) is 1.00. The van der Waals surface area contributed by atoms with Gasteiger partial charge in [0.05, 0.1) is 0 Å². The highest BCUT2D eigenvalue weighted by atomic mass is 31.0. The lowest BCUT2D eigenvalue weighted by molar-refractivity contribution is 0.664. The maximum atomic E-state index is 2.83. The molecule has 0 saturated carbocycles. The maximum absolute atomic E-state index is 2.83. The van der Waals surface area contributed by atoms with E-state index in [0.717, 1.165) is 5.66 Å². The molecule has 0 fully saturated rings. The Hall–Kier alpha value is 0.430.